The highest BCUT2D eigenvalue weighted by molar-refractivity contribution is 6.30. The van der Waals surface area contributed by atoms with Gasteiger partial charge in [0.25, 0.3) is 0 Å². The minimum absolute atomic E-state index is 0.594. The summed E-state index contributed by atoms with van der Waals surface area (Å²) in [7, 11) is 1.47. The molecule has 0 unspecified atom stereocenters. The summed E-state index contributed by atoms with van der Waals surface area (Å²) in [5.74, 6) is 0. The van der Waals surface area contributed by atoms with Crippen molar-refractivity contribution in [1.82, 2.24) is 5.32 Å². The molecule has 80 valence electrons. The van der Waals surface area contributed by atoms with E-state index in [1.165, 1.54) is 7.05 Å². The Hall–Kier alpha value is -1.55. The van der Waals surface area contributed by atoms with Gasteiger partial charge in [0.15, 0.2) is 0 Å². The summed E-state index contributed by atoms with van der Waals surface area (Å²) >= 11 is 5.73. The number of benzene rings is 1. The van der Waals surface area contributed by atoms with Gasteiger partial charge in [-0.15, -0.1) is 0 Å². The fraction of sp³-hybridized carbons (Fsp3) is 0.200. The monoisotopic (exact) mass is 226 g/mol. The Bertz CT molecular complexity index is 374. The smallest absolute Gasteiger partial charge is 0.323 e. The molecule has 0 saturated carbocycles. The first-order valence-electron chi connectivity index (χ1n) is 4.32. The number of nitrogens with zero attached hydrogens (tertiary/aromatic N) is 1. The van der Waals surface area contributed by atoms with Gasteiger partial charge in [0, 0.05) is 12.1 Å². The maximum atomic E-state index is 10.7. The van der Waals surface area contributed by atoms with Crippen molar-refractivity contribution in [3.8, 4) is 0 Å². The normalized spacial score (nSPS) is 11.0. The van der Waals surface area contributed by atoms with Gasteiger partial charge >= 0.3 is 6.09 Å². The largest absolute Gasteiger partial charge is 0.433 e. The van der Waals surface area contributed by atoms with E-state index < -0.39 is 6.09 Å². The summed E-state index contributed by atoms with van der Waals surface area (Å²) in [6.45, 7) is 1.74. The molecule has 0 aromatic heterocycles. The molecule has 0 saturated heterocycles. The molecule has 1 N–H and O–H groups in total. The third kappa shape index (κ3) is 3.59. The number of hydrogen-bond acceptors (Lipinski definition) is 3. The fourth-order valence-corrected chi connectivity index (χ4v) is 1.03. The third-order valence-electron chi connectivity index (χ3n) is 1.73. The number of carbonyl (C=O) groups is 1. The average Bonchev–Trinajstić information content (AvgIpc) is 2.26. The van der Waals surface area contributed by atoms with Crippen LogP contribution in [0.1, 0.15) is 12.5 Å². The topological polar surface area (TPSA) is 50.7 Å². The molecule has 1 rings (SSSR count). The zero-order valence-corrected chi connectivity index (χ0v) is 9.21. The molecule has 15 heavy (non-hydrogen) atoms. The zero-order chi connectivity index (χ0) is 11.3. The van der Waals surface area contributed by atoms with Gasteiger partial charge in [0.2, 0.25) is 0 Å². The highest BCUT2D eigenvalue weighted by atomic mass is 35.5. The summed E-state index contributed by atoms with van der Waals surface area (Å²) in [6.07, 6.45) is -0.594. The van der Waals surface area contributed by atoms with E-state index in [0.717, 1.165) is 5.56 Å². The van der Waals surface area contributed by atoms with E-state index in [0.29, 0.717) is 10.7 Å². The summed E-state index contributed by atoms with van der Waals surface area (Å²) in [4.78, 5) is 15.3. The van der Waals surface area contributed by atoms with Gasteiger partial charge in [-0.2, -0.15) is 0 Å². The number of hydrogen-bond donors (Lipinski definition) is 1. The van der Waals surface area contributed by atoms with Crippen molar-refractivity contribution in [3.05, 3.63) is 34.9 Å². The van der Waals surface area contributed by atoms with Gasteiger partial charge in [0.1, 0.15) is 0 Å². The van der Waals surface area contributed by atoms with Crippen molar-refractivity contribution in [3.63, 3.8) is 0 Å². The Kier molecular flexibility index (Phi) is 4.12. The first-order valence-corrected chi connectivity index (χ1v) is 4.70. The predicted molar refractivity (Wildman–Crippen MR) is 59.2 cm³/mol. The molecule has 1 amide bonds. The molecule has 0 heterocycles. The van der Waals surface area contributed by atoms with Crippen LogP contribution in [0.25, 0.3) is 0 Å². The number of halogens is 1. The third-order valence-corrected chi connectivity index (χ3v) is 1.98. The lowest BCUT2D eigenvalue weighted by Gasteiger charge is -2.00. The molecule has 5 heteroatoms. The second-order valence-electron chi connectivity index (χ2n) is 2.81. The maximum absolute atomic E-state index is 10.7. The van der Waals surface area contributed by atoms with E-state index in [2.05, 4.69) is 15.3 Å². The SMILES string of the molecule is CNC(=O)ON=C(C)c1ccc(Cl)cc1. The van der Waals surface area contributed by atoms with Gasteiger partial charge < -0.3 is 5.32 Å². The number of nitrogens with one attached hydrogen (secondary N) is 1. The molecule has 0 fully saturated rings. The second kappa shape index (κ2) is 5.36. The van der Waals surface area contributed by atoms with Crippen LogP contribution in [-0.2, 0) is 4.84 Å². The molecular weight excluding hydrogens is 216 g/mol. The lowest BCUT2D eigenvalue weighted by Crippen LogP contribution is -2.17. The average molecular weight is 227 g/mol. The van der Waals surface area contributed by atoms with Crippen molar-refractivity contribution >= 4 is 23.4 Å². The maximum Gasteiger partial charge on any atom is 0.433 e. The van der Waals surface area contributed by atoms with Gasteiger partial charge in [-0.05, 0) is 24.6 Å². The van der Waals surface area contributed by atoms with Crippen molar-refractivity contribution in [1.29, 1.82) is 0 Å². The first-order chi connectivity index (χ1) is 7.13. The molecule has 0 aliphatic rings. The van der Waals surface area contributed by atoms with Crippen molar-refractivity contribution in [2.24, 2.45) is 5.16 Å². The number of rotatable bonds is 2. The molecule has 4 nitrogen and oxygen atoms in total. The van der Waals surface area contributed by atoms with Crippen LogP contribution < -0.4 is 5.32 Å². The fourth-order valence-electron chi connectivity index (χ4n) is 0.899. The second-order valence-corrected chi connectivity index (χ2v) is 3.25. The van der Waals surface area contributed by atoms with Gasteiger partial charge in [0.05, 0.1) is 5.71 Å². The minimum atomic E-state index is -0.594. The quantitative estimate of drug-likeness (QED) is 0.478. The predicted octanol–water partition coefficient (Wildman–Crippen LogP) is 2.42. The Morgan fingerprint density at radius 3 is 2.53 bits per heavy atom. The summed E-state index contributed by atoms with van der Waals surface area (Å²) in [5.41, 5.74) is 1.46. The van der Waals surface area contributed by atoms with Crippen LogP contribution in [0, 0.1) is 0 Å². The molecule has 0 aliphatic carbocycles. The van der Waals surface area contributed by atoms with Crippen LogP contribution in [0.3, 0.4) is 0 Å². The lowest BCUT2D eigenvalue weighted by atomic mass is 10.1. The van der Waals surface area contributed by atoms with Gasteiger partial charge in [-0.25, -0.2) is 4.79 Å². The van der Waals surface area contributed by atoms with E-state index in [4.69, 9.17) is 11.6 Å². The molecule has 1 aromatic carbocycles. The van der Waals surface area contributed by atoms with E-state index in [9.17, 15) is 4.79 Å². The molecule has 0 aliphatic heterocycles. The zero-order valence-electron chi connectivity index (χ0n) is 8.45. The Morgan fingerprint density at radius 1 is 1.40 bits per heavy atom. The van der Waals surface area contributed by atoms with Crippen molar-refractivity contribution in [2.75, 3.05) is 7.05 Å². The first kappa shape index (κ1) is 11.5. The van der Waals surface area contributed by atoms with Gasteiger partial charge in [-0.3, -0.25) is 4.84 Å². The van der Waals surface area contributed by atoms with Crippen LogP contribution in [0.2, 0.25) is 5.02 Å². The lowest BCUT2D eigenvalue weighted by molar-refractivity contribution is 0.153. The van der Waals surface area contributed by atoms with Crippen LogP contribution in [-0.4, -0.2) is 18.9 Å². The van der Waals surface area contributed by atoms with Gasteiger partial charge in [-0.1, -0.05) is 28.9 Å². The molecule has 0 spiro atoms. The number of carbonyl (C=O) groups excluding carboxylic acids is 1. The van der Waals surface area contributed by atoms with Crippen LogP contribution in [0.4, 0.5) is 4.79 Å². The van der Waals surface area contributed by atoms with Crippen LogP contribution >= 0.6 is 11.6 Å². The highest BCUT2D eigenvalue weighted by Crippen LogP contribution is 2.10. The van der Waals surface area contributed by atoms with Crippen molar-refractivity contribution in [2.45, 2.75) is 6.92 Å². The molecule has 1 aromatic rings. The molecular formula is C10H11ClN2O2. The summed E-state index contributed by atoms with van der Waals surface area (Å²) in [5, 5.41) is 6.60. The molecule has 0 atom stereocenters. The summed E-state index contributed by atoms with van der Waals surface area (Å²) < 4.78 is 0. The standard InChI is InChI=1S/C10H11ClN2O2/c1-7(13-15-10(14)12-2)8-3-5-9(11)6-4-8/h3-6H,1-2H3,(H,12,14). The number of amides is 1. The van der Waals surface area contributed by atoms with E-state index in [-0.39, 0.29) is 0 Å². The highest BCUT2D eigenvalue weighted by Gasteiger charge is 2.00. The molecule has 0 bridgehead atoms. The molecule has 0 radical (unpaired) electrons. The van der Waals surface area contributed by atoms with Crippen LogP contribution in [0.15, 0.2) is 29.4 Å². The summed E-state index contributed by atoms with van der Waals surface area (Å²) in [6, 6.07) is 7.09. The Balaban J connectivity index is 2.71. The number of oxime groups is 1. The van der Waals surface area contributed by atoms with E-state index in [1.807, 2.05) is 0 Å². The Morgan fingerprint density at radius 2 is 2.00 bits per heavy atom. The minimum Gasteiger partial charge on any atom is -0.323 e. The van der Waals surface area contributed by atoms with Crippen molar-refractivity contribution < 1.29 is 9.63 Å². The van der Waals surface area contributed by atoms with E-state index >= 15 is 0 Å². The Labute approximate surface area is 92.9 Å². The van der Waals surface area contributed by atoms with Crippen LogP contribution in [0.5, 0.6) is 0 Å². The van der Waals surface area contributed by atoms with E-state index in [1.54, 1.807) is 31.2 Å².